The second-order valence-electron chi connectivity index (χ2n) is 10.1. The van der Waals surface area contributed by atoms with Crippen LogP contribution in [0.1, 0.15) is 41.5 Å². The lowest BCUT2D eigenvalue weighted by Gasteiger charge is -2.17. The van der Waals surface area contributed by atoms with E-state index < -0.39 is 10.8 Å². The minimum Gasteiger partial charge on any atom is -0.443 e. The fourth-order valence-corrected chi connectivity index (χ4v) is 3.11. The van der Waals surface area contributed by atoms with Crippen LogP contribution in [0, 0.1) is 10.8 Å². The van der Waals surface area contributed by atoms with E-state index >= 15 is 0 Å². The molecule has 0 aliphatic rings. The minimum absolute atomic E-state index is 0.0178. The first-order valence-corrected chi connectivity index (χ1v) is 11.1. The molecule has 0 N–H and O–H groups in total. The van der Waals surface area contributed by atoms with E-state index in [2.05, 4.69) is 19.9 Å². The van der Waals surface area contributed by atoms with E-state index in [1.165, 1.54) is 12.7 Å². The monoisotopic (exact) mass is 480 g/mol. The predicted octanol–water partition coefficient (Wildman–Crippen LogP) is 4.06. The van der Waals surface area contributed by atoms with E-state index in [1.807, 2.05) is 0 Å². The number of hydrogen-bond donors (Lipinski definition) is 0. The highest BCUT2D eigenvalue weighted by molar-refractivity contribution is 5.84. The van der Waals surface area contributed by atoms with E-state index in [0.717, 1.165) is 0 Å². The summed E-state index contributed by atoms with van der Waals surface area (Å²) >= 11 is 0. The number of carbonyl (C=O) groups excluding carboxylic acids is 2. The van der Waals surface area contributed by atoms with Crippen molar-refractivity contribution >= 4 is 34.0 Å². The van der Waals surface area contributed by atoms with Crippen molar-refractivity contribution in [3.05, 3.63) is 37.2 Å². The van der Waals surface area contributed by atoms with E-state index in [0.29, 0.717) is 33.8 Å². The number of ether oxygens (including phenoxy) is 3. The Kier molecular flexibility index (Phi) is 6.18. The van der Waals surface area contributed by atoms with Gasteiger partial charge in [-0.3, -0.25) is 18.7 Å². The van der Waals surface area contributed by atoms with Crippen molar-refractivity contribution in [1.82, 2.24) is 29.1 Å². The van der Waals surface area contributed by atoms with Crippen LogP contribution >= 0.6 is 0 Å². The van der Waals surface area contributed by atoms with Crippen molar-refractivity contribution in [2.24, 2.45) is 10.8 Å². The Balaban J connectivity index is 1.56. The van der Waals surface area contributed by atoms with Crippen molar-refractivity contribution in [3.8, 4) is 11.8 Å². The summed E-state index contributed by atoms with van der Waals surface area (Å²) in [6.45, 7) is 10.8. The summed E-state index contributed by atoms with van der Waals surface area (Å²) in [4.78, 5) is 41.4. The number of fused-ring (bicyclic) bond motifs is 2. The smallest absolute Gasteiger partial charge is 0.312 e. The average Bonchev–Trinajstić information content (AvgIpc) is 3.39. The van der Waals surface area contributed by atoms with E-state index in [4.69, 9.17) is 14.2 Å². The van der Waals surface area contributed by atoms with Gasteiger partial charge < -0.3 is 14.2 Å². The molecule has 0 radical (unpaired) electrons. The summed E-state index contributed by atoms with van der Waals surface area (Å²) in [5.41, 5.74) is -0.111. The number of nitrogens with zero attached hydrogens (tertiary/aromatic N) is 6. The van der Waals surface area contributed by atoms with Gasteiger partial charge in [-0.25, -0.2) is 19.9 Å². The van der Waals surface area contributed by atoms with E-state index in [1.54, 1.807) is 75.2 Å². The van der Waals surface area contributed by atoms with Crippen LogP contribution in [0.4, 0.5) is 0 Å². The van der Waals surface area contributed by atoms with E-state index in [-0.39, 0.29) is 25.4 Å². The van der Waals surface area contributed by atoms with Crippen molar-refractivity contribution in [2.75, 3.05) is 0 Å². The SMILES string of the molecule is CC(C)(C)C(=O)OCn1ccc2c(Oc3ncnc4c3ccn4COC(=O)C(C)(C)C)ncnc21. The molecule has 4 aromatic rings. The highest BCUT2D eigenvalue weighted by Crippen LogP contribution is 2.31. The molecule has 0 unspecified atom stereocenters. The Hall–Kier alpha value is -4.02. The molecule has 4 rings (SSSR count). The van der Waals surface area contributed by atoms with Crippen molar-refractivity contribution in [2.45, 2.75) is 55.0 Å². The molecule has 0 bridgehead atoms. The molecular formula is C24H28N6O5. The normalized spacial score (nSPS) is 12.2. The fourth-order valence-electron chi connectivity index (χ4n) is 3.11. The molecule has 4 heterocycles. The van der Waals surface area contributed by atoms with Crippen LogP contribution in [-0.2, 0) is 32.5 Å². The van der Waals surface area contributed by atoms with Crippen LogP contribution in [0.2, 0.25) is 0 Å². The van der Waals surface area contributed by atoms with Crippen molar-refractivity contribution < 1.29 is 23.8 Å². The van der Waals surface area contributed by atoms with Gasteiger partial charge in [0.25, 0.3) is 0 Å². The Morgan fingerprint density at radius 1 is 0.714 bits per heavy atom. The summed E-state index contributed by atoms with van der Waals surface area (Å²) in [6.07, 6.45) is 6.24. The summed E-state index contributed by atoms with van der Waals surface area (Å²) in [5, 5.41) is 1.26. The number of aromatic nitrogens is 6. The maximum Gasteiger partial charge on any atom is 0.312 e. The van der Waals surface area contributed by atoms with Crippen molar-refractivity contribution in [1.29, 1.82) is 0 Å². The molecule has 4 aromatic heterocycles. The maximum absolute atomic E-state index is 12.1. The second kappa shape index (κ2) is 8.97. The van der Waals surface area contributed by atoms with Gasteiger partial charge in [0, 0.05) is 12.4 Å². The summed E-state index contributed by atoms with van der Waals surface area (Å²) in [7, 11) is 0. The average molecular weight is 481 g/mol. The Morgan fingerprint density at radius 2 is 1.11 bits per heavy atom. The Bertz CT molecular complexity index is 1290. The molecule has 11 nitrogen and oxygen atoms in total. The molecule has 0 saturated heterocycles. The number of esters is 2. The maximum atomic E-state index is 12.1. The van der Waals surface area contributed by atoms with Crippen LogP contribution in [0.15, 0.2) is 37.2 Å². The molecule has 0 saturated carbocycles. The van der Waals surface area contributed by atoms with Crippen LogP contribution in [0.5, 0.6) is 11.8 Å². The molecule has 0 aromatic carbocycles. The van der Waals surface area contributed by atoms with Gasteiger partial charge in [0.15, 0.2) is 13.5 Å². The van der Waals surface area contributed by atoms with Gasteiger partial charge in [0.2, 0.25) is 11.8 Å². The zero-order chi connectivity index (χ0) is 25.4. The van der Waals surface area contributed by atoms with Crippen LogP contribution in [0.3, 0.4) is 0 Å². The predicted molar refractivity (Wildman–Crippen MR) is 126 cm³/mol. The van der Waals surface area contributed by atoms with Gasteiger partial charge in [0.05, 0.1) is 21.6 Å². The standard InChI is InChI=1S/C24H28N6O5/c1-23(2,3)21(31)33-13-29-9-7-15-17(29)25-11-27-19(15)35-20-16-8-10-30(18(16)26-12-28-20)14-34-22(32)24(4,5)6/h7-12H,13-14H2,1-6H3. The Labute approximate surface area is 202 Å². The molecule has 0 atom stereocenters. The lowest BCUT2D eigenvalue weighted by atomic mass is 9.97. The van der Waals surface area contributed by atoms with Crippen molar-refractivity contribution in [3.63, 3.8) is 0 Å². The second-order valence-corrected chi connectivity index (χ2v) is 10.1. The van der Waals surface area contributed by atoms with Crippen LogP contribution < -0.4 is 4.74 Å². The molecule has 0 amide bonds. The molecule has 11 heteroatoms. The van der Waals surface area contributed by atoms with Crippen LogP contribution in [-0.4, -0.2) is 41.0 Å². The zero-order valence-electron chi connectivity index (χ0n) is 20.6. The molecule has 0 aliphatic heterocycles. The number of rotatable bonds is 6. The lowest BCUT2D eigenvalue weighted by molar-refractivity contribution is -0.157. The highest BCUT2D eigenvalue weighted by atomic mass is 16.5. The first kappa shape index (κ1) is 24.1. The number of hydrogen-bond acceptors (Lipinski definition) is 9. The zero-order valence-corrected chi connectivity index (χ0v) is 20.6. The summed E-state index contributed by atoms with van der Waals surface area (Å²) in [5.74, 6) is -0.0393. The molecule has 0 aliphatic carbocycles. The van der Waals surface area contributed by atoms with Gasteiger partial charge in [-0.05, 0) is 53.7 Å². The third-order valence-corrected chi connectivity index (χ3v) is 5.13. The van der Waals surface area contributed by atoms with Gasteiger partial charge in [0.1, 0.15) is 23.9 Å². The molecular weight excluding hydrogens is 452 g/mol. The summed E-state index contributed by atoms with van der Waals surface area (Å²) < 4.78 is 20.2. The lowest BCUT2D eigenvalue weighted by Crippen LogP contribution is -2.23. The molecule has 0 spiro atoms. The third kappa shape index (κ3) is 5.08. The highest BCUT2D eigenvalue weighted by Gasteiger charge is 2.24. The fraction of sp³-hybridized carbons (Fsp3) is 0.417. The summed E-state index contributed by atoms with van der Waals surface area (Å²) in [6, 6.07) is 3.57. The quantitative estimate of drug-likeness (QED) is 0.376. The number of carbonyl (C=O) groups is 2. The third-order valence-electron chi connectivity index (χ3n) is 5.13. The van der Waals surface area contributed by atoms with E-state index in [9.17, 15) is 9.59 Å². The van der Waals surface area contributed by atoms with Crippen LogP contribution in [0.25, 0.3) is 22.1 Å². The van der Waals surface area contributed by atoms with Gasteiger partial charge in [-0.2, -0.15) is 0 Å². The molecule has 35 heavy (non-hydrogen) atoms. The van der Waals surface area contributed by atoms with Gasteiger partial charge in [-0.15, -0.1) is 0 Å². The molecule has 184 valence electrons. The first-order valence-electron chi connectivity index (χ1n) is 11.1. The topological polar surface area (TPSA) is 123 Å². The van der Waals surface area contributed by atoms with Gasteiger partial charge in [-0.1, -0.05) is 0 Å². The first-order chi connectivity index (χ1) is 16.4. The minimum atomic E-state index is -0.605. The Morgan fingerprint density at radius 3 is 1.49 bits per heavy atom. The largest absolute Gasteiger partial charge is 0.443 e. The molecule has 0 fully saturated rings. The van der Waals surface area contributed by atoms with Gasteiger partial charge >= 0.3 is 11.9 Å².